The van der Waals surface area contributed by atoms with Crippen LogP contribution in [0.2, 0.25) is 0 Å². The van der Waals surface area contributed by atoms with Gasteiger partial charge in [-0.2, -0.15) is 0 Å². The molecule has 0 spiro atoms. The summed E-state index contributed by atoms with van der Waals surface area (Å²) in [5.41, 5.74) is 0. The van der Waals surface area contributed by atoms with Crippen molar-refractivity contribution in [3.8, 4) is 0 Å². The summed E-state index contributed by atoms with van der Waals surface area (Å²) >= 11 is 0. The molecule has 0 amide bonds. The first kappa shape index (κ1) is 16.2. The van der Waals surface area contributed by atoms with Gasteiger partial charge in [0.1, 0.15) is 0 Å². The van der Waals surface area contributed by atoms with E-state index in [1.54, 1.807) is 0 Å². The molecule has 9 nitrogen and oxygen atoms in total. The van der Waals surface area contributed by atoms with E-state index in [4.69, 9.17) is 29.4 Å². The summed E-state index contributed by atoms with van der Waals surface area (Å²) in [4.78, 5) is 49.3. The predicted molar refractivity (Wildman–Crippen MR) is 53.7 cm³/mol. The van der Waals surface area contributed by atoms with Gasteiger partial charge in [0, 0.05) is 0 Å². The molecule has 0 aliphatic rings. The third kappa shape index (κ3) is 2.71. The van der Waals surface area contributed by atoms with Crippen LogP contribution in [-0.2, 0) is 13.7 Å². The van der Waals surface area contributed by atoms with Gasteiger partial charge >= 0.3 is 22.8 Å². The van der Waals surface area contributed by atoms with Gasteiger partial charge in [-0.15, -0.1) is 0 Å². The molecule has 6 N–H and O–H groups in total. The third-order valence-electron chi connectivity index (χ3n) is 2.03. The Morgan fingerprint density at radius 3 is 1.25 bits per heavy atom. The summed E-state index contributed by atoms with van der Waals surface area (Å²) in [5, 5.41) is -1.50. The van der Waals surface area contributed by atoms with Gasteiger partial charge in [0.05, 0.1) is 5.31 Å². The monoisotopic (exact) mass is 296 g/mol. The van der Waals surface area contributed by atoms with Gasteiger partial charge in [-0.25, -0.2) is 0 Å². The van der Waals surface area contributed by atoms with Crippen LogP contribution in [0.1, 0.15) is 6.92 Å². The molecule has 0 unspecified atom stereocenters. The highest BCUT2D eigenvalue weighted by atomic mass is 31.2. The molecule has 0 rings (SSSR count). The molecule has 0 atom stereocenters. The summed E-state index contributed by atoms with van der Waals surface area (Å²) in [6, 6.07) is 0. The second-order valence-corrected chi connectivity index (χ2v) is 9.05. The highest BCUT2D eigenvalue weighted by Gasteiger charge is 2.62. The maximum atomic E-state index is 11.0. The molecule has 0 radical (unpaired) electrons. The largest absolute Gasteiger partial charge is 0.353 e. The Bertz CT molecular complexity index is 412. The van der Waals surface area contributed by atoms with E-state index in [0.717, 1.165) is 0 Å². The molecule has 16 heavy (non-hydrogen) atoms. The maximum Gasteiger partial charge on any atom is 0.353 e. The number of allylic oxidation sites excluding steroid dienone is 1. The lowest BCUT2D eigenvalue weighted by atomic mass is 10.4. The zero-order valence-corrected chi connectivity index (χ0v) is 10.6. The number of rotatable bonds is 4. The molecule has 96 valence electrons. The normalized spacial score (nSPS) is 14.9. The molecule has 0 fully saturated rings. The zero-order chi connectivity index (χ0) is 13.6. The van der Waals surface area contributed by atoms with Crippen LogP contribution < -0.4 is 0 Å². The quantitative estimate of drug-likeness (QED) is 0.382. The Kier molecular flexibility index (Phi) is 4.19. The van der Waals surface area contributed by atoms with Gasteiger partial charge < -0.3 is 29.4 Å². The van der Waals surface area contributed by atoms with Crippen LogP contribution in [-0.4, -0.2) is 34.3 Å². The van der Waals surface area contributed by atoms with Crippen LogP contribution >= 0.6 is 22.8 Å². The Morgan fingerprint density at radius 2 is 1.19 bits per heavy atom. The molecule has 0 aliphatic heterocycles. The van der Waals surface area contributed by atoms with Crippen LogP contribution in [0.5, 0.6) is 0 Å². The summed E-state index contributed by atoms with van der Waals surface area (Å²) in [5.74, 6) is 0. The Morgan fingerprint density at radius 1 is 0.938 bits per heavy atom. The highest BCUT2D eigenvalue weighted by Crippen LogP contribution is 2.76. The van der Waals surface area contributed by atoms with Crippen molar-refractivity contribution in [3.63, 3.8) is 0 Å². The fourth-order valence-corrected chi connectivity index (χ4v) is 4.93. The first-order chi connectivity index (χ1) is 6.65. The van der Waals surface area contributed by atoms with Gasteiger partial charge in [0.2, 0.25) is 4.90 Å². The molecule has 0 bridgehead atoms. The van der Waals surface area contributed by atoms with Gasteiger partial charge in [-0.3, -0.25) is 13.7 Å². The molecule has 0 heterocycles. The lowest BCUT2D eigenvalue weighted by Crippen LogP contribution is -2.27. The lowest BCUT2D eigenvalue weighted by Gasteiger charge is -2.32. The average Bonchev–Trinajstić information content (AvgIpc) is 1.95. The van der Waals surface area contributed by atoms with Crippen molar-refractivity contribution < 1.29 is 43.1 Å². The van der Waals surface area contributed by atoms with Crippen LogP contribution in [0, 0.1) is 0 Å². The fourth-order valence-electron chi connectivity index (χ4n) is 0.782. The van der Waals surface area contributed by atoms with Gasteiger partial charge in [0.15, 0.2) is 0 Å². The van der Waals surface area contributed by atoms with Crippen molar-refractivity contribution in [2.75, 3.05) is 0 Å². The highest BCUT2D eigenvalue weighted by molar-refractivity contribution is 7.75. The second-order valence-electron chi connectivity index (χ2n) is 3.10. The van der Waals surface area contributed by atoms with Crippen molar-refractivity contribution in [3.05, 3.63) is 11.9 Å². The molecule has 0 aromatic carbocycles. The first-order valence-electron chi connectivity index (χ1n) is 3.52. The van der Waals surface area contributed by atoms with Crippen LogP contribution in [0.15, 0.2) is 11.9 Å². The Balaban J connectivity index is 6.06. The lowest BCUT2D eigenvalue weighted by molar-refractivity contribution is 0.318. The smallest absolute Gasteiger partial charge is 0.323 e. The van der Waals surface area contributed by atoms with E-state index in [-0.39, 0.29) is 0 Å². The van der Waals surface area contributed by atoms with Gasteiger partial charge in [-0.05, 0) is 6.92 Å². The molecule has 0 saturated carbocycles. The van der Waals surface area contributed by atoms with E-state index >= 15 is 0 Å². The molecular weight excluding hydrogens is 285 g/mol. The Labute approximate surface area is 90.3 Å². The number of hydrogen-bond acceptors (Lipinski definition) is 3. The van der Waals surface area contributed by atoms with E-state index in [1.165, 1.54) is 0 Å². The van der Waals surface area contributed by atoms with E-state index in [0.29, 0.717) is 6.92 Å². The van der Waals surface area contributed by atoms with Crippen LogP contribution in [0.3, 0.4) is 0 Å². The van der Waals surface area contributed by atoms with Crippen LogP contribution in [0.4, 0.5) is 0 Å². The summed E-state index contributed by atoms with van der Waals surface area (Å²) in [6.45, 7) is 3.04. The van der Waals surface area contributed by atoms with Crippen molar-refractivity contribution in [2.24, 2.45) is 0 Å². The molecule has 12 heteroatoms. The topological polar surface area (TPSA) is 173 Å². The molecule has 0 aromatic heterocycles. The molecular formula is C4H11O9P3. The first-order valence-corrected chi connectivity index (χ1v) is 8.36. The average molecular weight is 296 g/mol. The summed E-state index contributed by atoms with van der Waals surface area (Å²) < 4.78 is 32.8. The van der Waals surface area contributed by atoms with Crippen molar-refractivity contribution in [1.29, 1.82) is 0 Å². The standard InChI is InChI=1S/C4H11O9P3/c1-3(14(5,6)7)4(2,15(8,9)10)16(11,12)13/h1H2,2H3,(H2,5,6,7)(H2,8,9,10)(H2,11,12,13). The van der Waals surface area contributed by atoms with Gasteiger partial charge in [-0.1, -0.05) is 6.58 Å². The van der Waals surface area contributed by atoms with E-state index in [1.807, 2.05) is 0 Å². The Hall–Kier alpha value is 0.190. The SMILES string of the molecule is C=C(C(C)(P(=O)(O)O)P(=O)(O)O)P(=O)(O)O. The summed E-state index contributed by atoms with van der Waals surface area (Å²) in [6.07, 6.45) is 0. The number of hydrogen-bond donors (Lipinski definition) is 6. The fraction of sp³-hybridized carbons (Fsp3) is 0.500. The minimum atomic E-state index is -5.52. The third-order valence-corrected chi connectivity index (χ3v) is 7.91. The van der Waals surface area contributed by atoms with Gasteiger partial charge in [0.25, 0.3) is 0 Å². The summed E-state index contributed by atoms with van der Waals surface area (Å²) in [7, 11) is -16.3. The van der Waals surface area contributed by atoms with E-state index in [2.05, 4.69) is 6.58 Å². The predicted octanol–water partition coefficient (Wildman–Crippen LogP) is -0.251. The van der Waals surface area contributed by atoms with E-state index < -0.39 is 33.0 Å². The van der Waals surface area contributed by atoms with Crippen LogP contribution in [0.25, 0.3) is 0 Å². The molecule has 0 aromatic rings. The van der Waals surface area contributed by atoms with Crippen molar-refractivity contribution in [2.45, 2.75) is 11.8 Å². The zero-order valence-electron chi connectivity index (χ0n) is 7.96. The van der Waals surface area contributed by atoms with Crippen molar-refractivity contribution >= 4 is 22.8 Å². The second kappa shape index (κ2) is 4.14. The molecule has 0 saturated heterocycles. The van der Waals surface area contributed by atoms with E-state index in [9.17, 15) is 13.7 Å². The minimum absolute atomic E-state index is 0.357. The maximum absolute atomic E-state index is 11.0. The minimum Gasteiger partial charge on any atom is -0.323 e. The molecule has 0 aliphatic carbocycles. The van der Waals surface area contributed by atoms with Crippen molar-refractivity contribution in [1.82, 2.24) is 0 Å².